The number of imidazole rings is 1. The van der Waals surface area contributed by atoms with Gasteiger partial charge in [0, 0.05) is 30.9 Å². The Morgan fingerprint density at radius 2 is 1.88 bits per heavy atom. The van der Waals surface area contributed by atoms with Gasteiger partial charge in [0.2, 0.25) is 5.88 Å². The first-order valence-electron chi connectivity index (χ1n) is 13.1. The average molecular weight is 600 g/mol. The fraction of sp³-hybridized carbons (Fsp3) is 0.241. The molecule has 6 rings (SSSR count). The molecule has 0 radical (unpaired) electrons. The maximum atomic E-state index is 15.4. The van der Waals surface area contributed by atoms with E-state index in [0.717, 1.165) is 30.8 Å². The molecule has 0 spiro atoms. The summed E-state index contributed by atoms with van der Waals surface area (Å²) in [5.41, 5.74) is 1.08. The van der Waals surface area contributed by atoms with E-state index in [-0.39, 0.29) is 57.8 Å². The largest absolute Gasteiger partial charge is 0.504 e. The third-order valence-electron chi connectivity index (χ3n) is 7.01. The van der Waals surface area contributed by atoms with E-state index in [0.29, 0.717) is 30.0 Å². The maximum absolute atomic E-state index is 15.4. The molecule has 1 unspecified atom stereocenters. The molecule has 1 fully saturated rings. The number of hydrogen-bond donors (Lipinski definition) is 1. The van der Waals surface area contributed by atoms with Crippen LogP contribution in [0.25, 0.3) is 22.3 Å². The molecule has 14 heteroatoms. The summed E-state index contributed by atoms with van der Waals surface area (Å²) in [7, 11) is 0. The highest BCUT2D eigenvalue weighted by molar-refractivity contribution is 5.92. The molecule has 0 bridgehead atoms. The minimum absolute atomic E-state index is 0.000169. The van der Waals surface area contributed by atoms with Crippen molar-refractivity contribution in [2.24, 2.45) is 0 Å². The number of pyridine rings is 1. The number of aromatic carboxylic acids is 1. The third kappa shape index (κ3) is 5.91. The van der Waals surface area contributed by atoms with Crippen LogP contribution in [-0.2, 0) is 30.6 Å². The molecular formula is C29H22F5N5O4. The van der Waals surface area contributed by atoms with Crippen molar-refractivity contribution < 1.29 is 41.3 Å². The lowest BCUT2D eigenvalue weighted by atomic mass is 10.0. The van der Waals surface area contributed by atoms with Crippen LogP contribution in [0, 0.1) is 11.6 Å². The minimum atomic E-state index is -4.66. The van der Waals surface area contributed by atoms with Gasteiger partial charge in [-0.1, -0.05) is 6.07 Å². The number of rotatable bonds is 9. The number of nitrogens with zero attached hydrogens (tertiary/aromatic N) is 5. The van der Waals surface area contributed by atoms with Gasteiger partial charge in [-0.15, -0.1) is 13.2 Å². The highest BCUT2D eigenvalue weighted by Crippen LogP contribution is 2.29. The molecular weight excluding hydrogens is 577 g/mol. The van der Waals surface area contributed by atoms with Gasteiger partial charge < -0.3 is 19.1 Å². The van der Waals surface area contributed by atoms with Crippen molar-refractivity contribution in [3.63, 3.8) is 0 Å². The molecule has 5 aromatic rings. The number of carbonyl (C=O) groups is 1. The Bertz CT molecular complexity index is 1830. The third-order valence-corrected chi connectivity index (χ3v) is 7.01. The quantitative estimate of drug-likeness (QED) is 0.217. The number of halogens is 5. The van der Waals surface area contributed by atoms with Gasteiger partial charge in [0.1, 0.15) is 29.8 Å². The van der Waals surface area contributed by atoms with Crippen molar-refractivity contribution in [1.29, 1.82) is 0 Å². The molecule has 1 saturated heterocycles. The lowest BCUT2D eigenvalue weighted by Gasteiger charge is -2.27. The average Bonchev–Trinajstić information content (AvgIpc) is 3.56. The maximum Gasteiger partial charge on any atom is 0.504 e. The van der Waals surface area contributed by atoms with Crippen LogP contribution in [0.4, 0.5) is 22.0 Å². The fourth-order valence-electron chi connectivity index (χ4n) is 4.74. The fourth-order valence-corrected chi connectivity index (χ4v) is 4.74. The van der Waals surface area contributed by atoms with E-state index >= 15 is 8.78 Å². The Kier molecular flexibility index (Phi) is 7.30. The van der Waals surface area contributed by atoms with E-state index in [2.05, 4.69) is 15.1 Å². The number of fused-ring (bicyclic) bond motifs is 1. The van der Waals surface area contributed by atoms with Gasteiger partial charge in [-0.3, -0.25) is 0 Å². The molecule has 2 aromatic carbocycles. The van der Waals surface area contributed by atoms with E-state index in [4.69, 9.17) is 9.47 Å². The molecule has 1 N–H and O–H groups in total. The SMILES string of the molecule is O=C(O)c1ccc2nc(Cc3cc(F)c(-c4cccc(OCc5ccn(C(F)(F)F)n5)n4)cc3F)n(CC3CCO3)c2c1. The first kappa shape index (κ1) is 28.3. The zero-order valence-corrected chi connectivity index (χ0v) is 22.2. The molecule has 1 aliphatic rings. The summed E-state index contributed by atoms with van der Waals surface area (Å²) in [6.45, 7) is 0.664. The predicted octanol–water partition coefficient (Wildman–Crippen LogP) is 5.71. The van der Waals surface area contributed by atoms with Gasteiger partial charge in [0.25, 0.3) is 0 Å². The van der Waals surface area contributed by atoms with Crippen molar-refractivity contribution in [2.45, 2.75) is 38.4 Å². The summed E-state index contributed by atoms with van der Waals surface area (Å²) in [5, 5.41) is 12.8. The Morgan fingerprint density at radius 3 is 2.58 bits per heavy atom. The summed E-state index contributed by atoms with van der Waals surface area (Å²) >= 11 is 0. The first-order chi connectivity index (χ1) is 20.5. The molecule has 0 saturated carbocycles. The minimum Gasteiger partial charge on any atom is -0.478 e. The van der Waals surface area contributed by atoms with Crippen LogP contribution in [0.3, 0.4) is 0 Å². The highest BCUT2D eigenvalue weighted by Gasteiger charge is 2.31. The molecule has 43 heavy (non-hydrogen) atoms. The van der Waals surface area contributed by atoms with Gasteiger partial charge in [-0.2, -0.15) is 9.78 Å². The Hall–Kier alpha value is -4.85. The molecule has 0 aliphatic carbocycles. The molecule has 0 amide bonds. The topological polar surface area (TPSA) is 104 Å². The molecule has 4 heterocycles. The predicted molar refractivity (Wildman–Crippen MR) is 141 cm³/mol. The van der Waals surface area contributed by atoms with Gasteiger partial charge in [0.05, 0.1) is 34.9 Å². The van der Waals surface area contributed by atoms with Crippen molar-refractivity contribution in [1.82, 2.24) is 24.3 Å². The van der Waals surface area contributed by atoms with Crippen LogP contribution in [0.15, 0.2) is 60.8 Å². The van der Waals surface area contributed by atoms with Gasteiger partial charge in [-0.05, 0) is 54.4 Å². The normalized spacial score (nSPS) is 15.0. The zero-order chi connectivity index (χ0) is 30.3. The van der Waals surface area contributed by atoms with Crippen LogP contribution in [0.1, 0.15) is 33.9 Å². The number of hydrogen-bond acceptors (Lipinski definition) is 6. The lowest BCUT2D eigenvalue weighted by molar-refractivity contribution is -0.212. The van der Waals surface area contributed by atoms with E-state index in [1.54, 1.807) is 10.6 Å². The summed E-state index contributed by atoms with van der Waals surface area (Å²) in [4.78, 5) is 20.3. The second-order valence-electron chi connectivity index (χ2n) is 9.90. The summed E-state index contributed by atoms with van der Waals surface area (Å²) in [6, 6.07) is 12.1. The molecule has 9 nitrogen and oxygen atoms in total. The van der Waals surface area contributed by atoms with Gasteiger partial charge in [0.15, 0.2) is 0 Å². The van der Waals surface area contributed by atoms with Gasteiger partial charge >= 0.3 is 12.3 Å². The molecule has 3 aromatic heterocycles. The molecule has 1 atom stereocenters. The van der Waals surface area contributed by atoms with Crippen molar-refractivity contribution in [3.05, 3.63) is 95.1 Å². The number of carboxylic acids is 1. The van der Waals surface area contributed by atoms with Crippen LogP contribution in [0.5, 0.6) is 5.88 Å². The summed E-state index contributed by atoms with van der Waals surface area (Å²) < 4.78 is 81.6. The number of aromatic nitrogens is 5. The van der Waals surface area contributed by atoms with E-state index in [1.165, 1.54) is 30.3 Å². The highest BCUT2D eigenvalue weighted by atomic mass is 19.4. The smallest absolute Gasteiger partial charge is 0.478 e. The number of carboxylic acid groups (broad SMARTS) is 1. The zero-order valence-electron chi connectivity index (χ0n) is 22.2. The van der Waals surface area contributed by atoms with Crippen LogP contribution >= 0.6 is 0 Å². The number of alkyl halides is 3. The second kappa shape index (κ2) is 11.1. The van der Waals surface area contributed by atoms with E-state index < -0.39 is 23.9 Å². The van der Waals surface area contributed by atoms with E-state index in [9.17, 15) is 23.1 Å². The Balaban J connectivity index is 1.25. The first-order valence-corrected chi connectivity index (χ1v) is 13.1. The summed E-state index contributed by atoms with van der Waals surface area (Å²) in [5.74, 6) is -2.17. The van der Waals surface area contributed by atoms with Crippen molar-refractivity contribution >= 4 is 17.0 Å². The second-order valence-corrected chi connectivity index (χ2v) is 9.90. The monoisotopic (exact) mass is 599 g/mol. The number of benzene rings is 2. The summed E-state index contributed by atoms with van der Waals surface area (Å²) in [6.07, 6.45) is -3.28. The number of ether oxygens (including phenoxy) is 2. The molecule has 222 valence electrons. The lowest BCUT2D eigenvalue weighted by Crippen LogP contribution is -2.31. The standard InChI is InChI=1S/C29H22F5N5O4/c30-21-13-20(23-2-1-3-27(36-23)43-15-18-6-8-39(37-18)29(32,33)34)22(31)10-17(21)12-26-35-24-5-4-16(28(40)41)11-25(24)38(26)14-19-7-9-42-19/h1-6,8,10-11,13,19H,7,9,12,14-15H2,(H,40,41). The van der Waals surface area contributed by atoms with Crippen molar-refractivity contribution in [2.75, 3.05) is 6.61 Å². The van der Waals surface area contributed by atoms with Crippen molar-refractivity contribution in [3.8, 4) is 17.1 Å². The van der Waals surface area contributed by atoms with Crippen LogP contribution in [-0.4, -0.2) is 48.1 Å². The van der Waals surface area contributed by atoms with Gasteiger partial charge in [-0.25, -0.2) is 23.5 Å². The Morgan fingerprint density at radius 1 is 1.07 bits per heavy atom. The van der Waals surface area contributed by atoms with Crippen LogP contribution < -0.4 is 4.74 Å². The molecule has 1 aliphatic heterocycles. The van der Waals surface area contributed by atoms with Crippen LogP contribution in [0.2, 0.25) is 0 Å². The Labute approximate surface area is 240 Å². The van der Waals surface area contributed by atoms with E-state index in [1.807, 2.05) is 0 Å².